The number of nitrogens with zero attached hydrogens (tertiary/aromatic N) is 1. The number of hydrogen-bond donors (Lipinski definition) is 3. The average molecular weight is 389 g/mol. The summed E-state index contributed by atoms with van der Waals surface area (Å²) in [6, 6.07) is 15.3. The molecule has 0 unspecified atom stereocenters. The van der Waals surface area contributed by atoms with Crippen LogP contribution in [-0.2, 0) is 17.6 Å². The second kappa shape index (κ2) is 8.64. The van der Waals surface area contributed by atoms with Gasteiger partial charge in [0.2, 0.25) is 0 Å². The van der Waals surface area contributed by atoms with Crippen LogP contribution >= 0.6 is 0 Å². The van der Waals surface area contributed by atoms with Gasteiger partial charge in [-0.1, -0.05) is 43.3 Å². The third-order valence-electron chi connectivity index (χ3n) is 5.94. The Labute approximate surface area is 171 Å². The van der Waals surface area contributed by atoms with Gasteiger partial charge >= 0.3 is 0 Å². The van der Waals surface area contributed by atoms with Crippen molar-refractivity contribution >= 4 is 22.9 Å². The fourth-order valence-electron chi connectivity index (χ4n) is 4.44. The van der Waals surface area contributed by atoms with Crippen molar-refractivity contribution in [2.75, 3.05) is 13.1 Å². The first-order valence-electron chi connectivity index (χ1n) is 10.2. The highest BCUT2D eigenvalue weighted by atomic mass is 16.5. The fraction of sp³-hybridized carbons (Fsp3) is 0.292. The van der Waals surface area contributed by atoms with E-state index in [-0.39, 0.29) is 0 Å². The van der Waals surface area contributed by atoms with E-state index in [1.54, 1.807) is 11.6 Å². The molecule has 4 rings (SSSR count). The molecule has 29 heavy (non-hydrogen) atoms. The van der Waals surface area contributed by atoms with Crippen LogP contribution in [0.25, 0.3) is 17.0 Å². The molecule has 0 radical (unpaired) electrons. The number of nitrogens with one attached hydrogen (secondary N) is 2. The molecule has 0 saturated heterocycles. The van der Waals surface area contributed by atoms with Gasteiger partial charge in [0.25, 0.3) is 5.91 Å². The van der Waals surface area contributed by atoms with E-state index in [9.17, 15) is 4.79 Å². The number of benzene rings is 2. The normalized spacial score (nSPS) is 16.0. The average Bonchev–Trinajstić information content (AvgIpc) is 3.37. The Morgan fingerprint density at radius 1 is 1.31 bits per heavy atom. The van der Waals surface area contributed by atoms with Gasteiger partial charge in [0.1, 0.15) is 0 Å². The number of H-pyrrole nitrogens is 1. The standard InChI is InChI=1S/C24H27N3O2/c1-2-27(14-13-19-16-25-22-6-4-3-5-20(19)22)23-11-9-18-15-17(7-10-21(18)23)8-12-24(28)26-29/h3-8,10,12,15-16,23,25,29H,2,9,11,13-14H2,1H3,(H,26,28)/b12-8+/t23-/m1/s1. The summed E-state index contributed by atoms with van der Waals surface area (Å²) in [7, 11) is 0. The van der Waals surface area contributed by atoms with Crippen LogP contribution in [0.4, 0.5) is 0 Å². The van der Waals surface area contributed by atoms with Gasteiger partial charge in [0.15, 0.2) is 0 Å². The molecule has 1 aliphatic carbocycles. The van der Waals surface area contributed by atoms with Crippen molar-refractivity contribution in [3.63, 3.8) is 0 Å². The summed E-state index contributed by atoms with van der Waals surface area (Å²) in [6.45, 7) is 4.28. The molecule has 5 heteroatoms. The van der Waals surface area contributed by atoms with Gasteiger partial charge in [-0.3, -0.25) is 14.9 Å². The molecule has 1 atom stereocenters. The van der Waals surface area contributed by atoms with Gasteiger partial charge in [0, 0.05) is 35.8 Å². The maximum Gasteiger partial charge on any atom is 0.267 e. The lowest BCUT2D eigenvalue weighted by molar-refractivity contribution is -0.124. The quantitative estimate of drug-likeness (QED) is 0.322. The molecular weight excluding hydrogens is 362 g/mol. The van der Waals surface area contributed by atoms with Crippen molar-refractivity contribution in [1.29, 1.82) is 0 Å². The predicted octanol–water partition coefficient (Wildman–Crippen LogP) is 4.24. The first-order valence-corrected chi connectivity index (χ1v) is 10.2. The largest absolute Gasteiger partial charge is 0.361 e. The molecule has 0 saturated carbocycles. The SMILES string of the molecule is CCN(CCc1c[nH]c2ccccc12)[C@@H]1CCc2cc(/C=C/C(=O)NO)ccc21. The van der Waals surface area contributed by atoms with E-state index in [0.717, 1.165) is 37.9 Å². The lowest BCUT2D eigenvalue weighted by Gasteiger charge is -2.28. The van der Waals surface area contributed by atoms with E-state index in [1.807, 2.05) is 6.07 Å². The molecular formula is C24H27N3O2. The first-order chi connectivity index (χ1) is 14.2. The minimum atomic E-state index is -0.516. The van der Waals surface area contributed by atoms with Crippen LogP contribution in [0, 0.1) is 0 Å². The van der Waals surface area contributed by atoms with Crippen LogP contribution in [0.1, 0.15) is 41.6 Å². The lowest BCUT2D eigenvalue weighted by Crippen LogP contribution is -2.29. The number of amides is 1. The van der Waals surface area contributed by atoms with Gasteiger partial charge in [-0.15, -0.1) is 0 Å². The number of para-hydroxylation sites is 1. The molecule has 0 spiro atoms. The number of likely N-dealkylation sites (N-methyl/N-ethyl adjacent to an activating group) is 1. The summed E-state index contributed by atoms with van der Waals surface area (Å²) in [5.74, 6) is -0.516. The zero-order chi connectivity index (χ0) is 20.2. The van der Waals surface area contributed by atoms with Crippen LogP contribution in [0.15, 0.2) is 54.7 Å². The number of hydroxylamine groups is 1. The minimum absolute atomic E-state index is 0.443. The number of aryl methyl sites for hydroxylation is 1. The van der Waals surface area contributed by atoms with Crippen molar-refractivity contribution in [2.45, 2.75) is 32.2 Å². The Morgan fingerprint density at radius 2 is 2.17 bits per heavy atom. The number of fused-ring (bicyclic) bond motifs is 2. The molecule has 0 fully saturated rings. The molecule has 1 aromatic heterocycles. The van der Waals surface area contributed by atoms with E-state index in [2.05, 4.69) is 59.4 Å². The molecule has 2 aromatic carbocycles. The molecule has 150 valence electrons. The Kier molecular flexibility index (Phi) is 5.79. The van der Waals surface area contributed by atoms with E-state index >= 15 is 0 Å². The summed E-state index contributed by atoms with van der Waals surface area (Å²) < 4.78 is 0. The predicted molar refractivity (Wildman–Crippen MR) is 116 cm³/mol. The van der Waals surface area contributed by atoms with Crippen molar-refractivity contribution in [2.24, 2.45) is 0 Å². The Bertz CT molecular complexity index is 1040. The molecule has 1 heterocycles. The zero-order valence-corrected chi connectivity index (χ0v) is 16.7. The number of aromatic nitrogens is 1. The maximum atomic E-state index is 11.2. The number of carbonyl (C=O) groups excluding carboxylic acids is 1. The van der Waals surface area contributed by atoms with E-state index in [4.69, 9.17) is 5.21 Å². The number of carbonyl (C=O) groups is 1. The summed E-state index contributed by atoms with van der Waals surface area (Å²) in [5, 5.41) is 9.93. The van der Waals surface area contributed by atoms with Crippen LogP contribution in [-0.4, -0.2) is 34.1 Å². The van der Waals surface area contributed by atoms with Crippen molar-refractivity contribution in [3.05, 3.63) is 77.0 Å². The second-order valence-corrected chi connectivity index (χ2v) is 7.56. The molecule has 5 nitrogen and oxygen atoms in total. The number of hydrogen-bond acceptors (Lipinski definition) is 3. The molecule has 0 aliphatic heterocycles. The van der Waals surface area contributed by atoms with Gasteiger partial charge in [0.05, 0.1) is 0 Å². The van der Waals surface area contributed by atoms with E-state index in [1.165, 1.54) is 33.7 Å². The Hall–Kier alpha value is -2.89. The monoisotopic (exact) mass is 389 g/mol. The zero-order valence-electron chi connectivity index (χ0n) is 16.7. The fourth-order valence-corrected chi connectivity index (χ4v) is 4.44. The van der Waals surface area contributed by atoms with Gasteiger partial charge in [-0.2, -0.15) is 0 Å². The van der Waals surface area contributed by atoms with Crippen molar-refractivity contribution in [1.82, 2.24) is 15.4 Å². The summed E-state index contributed by atoms with van der Waals surface area (Å²) in [4.78, 5) is 17.1. The van der Waals surface area contributed by atoms with Crippen LogP contribution in [0.3, 0.4) is 0 Å². The summed E-state index contributed by atoms with van der Waals surface area (Å²) in [6.07, 6.45) is 8.42. The Morgan fingerprint density at radius 3 is 3.00 bits per heavy atom. The van der Waals surface area contributed by atoms with Crippen molar-refractivity contribution < 1.29 is 10.0 Å². The van der Waals surface area contributed by atoms with E-state index in [0.29, 0.717) is 6.04 Å². The van der Waals surface area contributed by atoms with Crippen LogP contribution in [0.2, 0.25) is 0 Å². The topological polar surface area (TPSA) is 68.4 Å². The highest BCUT2D eigenvalue weighted by molar-refractivity contribution is 5.90. The number of rotatable bonds is 7. The summed E-state index contributed by atoms with van der Waals surface area (Å²) >= 11 is 0. The van der Waals surface area contributed by atoms with Crippen molar-refractivity contribution in [3.8, 4) is 0 Å². The third kappa shape index (κ3) is 4.11. The molecule has 1 aliphatic rings. The molecule has 3 N–H and O–H groups in total. The number of aromatic amines is 1. The Balaban J connectivity index is 1.47. The highest BCUT2D eigenvalue weighted by Crippen LogP contribution is 2.36. The highest BCUT2D eigenvalue weighted by Gasteiger charge is 2.27. The smallest absolute Gasteiger partial charge is 0.267 e. The second-order valence-electron chi connectivity index (χ2n) is 7.56. The lowest BCUT2D eigenvalue weighted by atomic mass is 10.0. The van der Waals surface area contributed by atoms with Crippen LogP contribution < -0.4 is 5.48 Å². The van der Waals surface area contributed by atoms with Crippen LogP contribution in [0.5, 0.6) is 0 Å². The van der Waals surface area contributed by atoms with Gasteiger partial charge < -0.3 is 4.98 Å². The van der Waals surface area contributed by atoms with Gasteiger partial charge in [-0.05, 0) is 60.2 Å². The van der Waals surface area contributed by atoms with Gasteiger partial charge in [-0.25, -0.2) is 5.48 Å². The summed E-state index contributed by atoms with van der Waals surface area (Å²) in [5.41, 5.74) is 7.93. The molecule has 0 bridgehead atoms. The first kappa shape index (κ1) is 19.4. The van der Waals surface area contributed by atoms with E-state index < -0.39 is 5.91 Å². The molecule has 1 amide bonds. The third-order valence-corrected chi connectivity index (χ3v) is 5.94. The minimum Gasteiger partial charge on any atom is -0.361 e. The maximum absolute atomic E-state index is 11.2. The molecule has 3 aromatic rings.